The first-order valence-corrected chi connectivity index (χ1v) is 4.10. The lowest BCUT2D eigenvalue weighted by Crippen LogP contribution is -2.41. The summed E-state index contributed by atoms with van der Waals surface area (Å²) in [5, 5.41) is 0. The summed E-state index contributed by atoms with van der Waals surface area (Å²) in [6.45, 7) is 11.1. The third kappa shape index (κ3) is 2.95. The van der Waals surface area contributed by atoms with Crippen molar-refractivity contribution in [1.82, 2.24) is 4.90 Å². The van der Waals surface area contributed by atoms with Crippen molar-refractivity contribution in [2.75, 3.05) is 0 Å². The van der Waals surface area contributed by atoms with Gasteiger partial charge in [-0.2, -0.15) is 0 Å². The van der Waals surface area contributed by atoms with Crippen molar-refractivity contribution in [2.45, 2.75) is 39.8 Å². The van der Waals surface area contributed by atoms with Crippen LogP contribution in [-0.4, -0.2) is 23.1 Å². The van der Waals surface area contributed by atoms with Crippen LogP contribution in [0.2, 0.25) is 0 Å². The monoisotopic (exact) mass is 171 g/mol. The van der Waals surface area contributed by atoms with Crippen LogP contribution in [0.3, 0.4) is 0 Å². The normalized spacial score (nSPS) is 10.2. The molecule has 0 radical (unpaired) electrons. The molecule has 0 aromatic rings. The van der Waals surface area contributed by atoms with Gasteiger partial charge < -0.3 is 9.64 Å². The molecule has 0 aromatic carbocycles. The summed E-state index contributed by atoms with van der Waals surface area (Å²) in [5.41, 5.74) is 0. The van der Waals surface area contributed by atoms with Gasteiger partial charge in [0.25, 0.3) is 0 Å². The van der Waals surface area contributed by atoms with Crippen LogP contribution in [-0.2, 0) is 4.74 Å². The van der Waals surface area contributed by atoms with Gasteiger partial charge in [-0.1, -0.05) is 6.58 Å². The Hall–Kier alpha value is -0.990. The Balaban J connectivity index is 4.29. The molecule has 0 fully saturated rings. The van der Waals surface area contributed by atoms with Gasteiger partial charge in [-0.15, -0.1) is 0 Å². The summed E-state index contributed by atoms with van der Waals surface area (Å²) in [7, 11) is 0. The minimum Gasteiger partial charge on any atom is -0.419 e. The molecule has 0 rings (SSSR count). The maximum atomic E-state index is 11.3. The van der Waals surface area contributed by atoms with Crippen LogP contribution in [0.5, 0.6) is 0 Å². The van der Waals surface area contributed by atoms with E-state index < -0.39 is 0 Å². The van der Waals surface area contributed by atoms with Gasteiger partial charge in [-0.25, -0.2) is 4.79 Å². The van der Waals surface area contributed by atoms with Crippen LogP contribution in [0.25, 0.3) is 0 Å². The fourth-order valence-electron chi connectivity index (χ4n) is 1.15. The van der Waals surface area contributed by atoms with E-state index in [2.05, 4.69) is 11.3 Å². The second-order valence-corrected chi connectivity index (χ2v) is 3.15. The summed E-state index contributed by atoms with van der Waals surface area (Å²) in [6.07, 6.45) is 0.815. The lowest BCUT2D eigenvalue weighted by molar-refractivity contribution is 0.109. The molecule has 1 amide bonds. The molecule has 0 aliphatic carbocycles. The molecule has 0 saturated carbocycles. The van der Waals surface area contributed by atoms with E-state index in [-0.39, 0.29) is 18.2 Å². The first-order valence-electron chi connectivity index (χ1n) is 4.10. The number of amides is 1. The molecule has 3 heteroatoms. The Bertz CT molecular complexity index is 156. The van der Waals surface area contributed by atoms with Crippen molar-refractivity contribution >= 4 is 6.09 Å². The molecule has 0 atom stereocenters. The Kier molecular flexibility index (Phi) is 4.40. The van der Waals surface area contributed by atoms with E-state index in [4.69, 9.17) is 0 Å². The van der Waals surface area contributed by atoms with Crippen molar-refractivity contribution in [2.24, 2.45) is 0 Å². The van der Waals surface area contributed by atoms with Gasteiger partial charge in [-0.3, -0.25) is 0 Å². The van der Waals surface area contributed by atoms with E-state index in [1.54, 1.807) is 4.90 Å². The van der Waals surface area contributed by atoms with Crippen LogP contribution in [0.1, 0.15) is 27.7 Å². The van der Waals surface area contributed by atoms with Gasteiger partial charge in [0, 0.05) is 12.1 Å². The lowest BCUT2D eigenvalue weighted by atomic mass is 10.2. The number of nitrogens with zero attached hydrogens (tertiary/aromatic N) is 1. The quantitative estimate of drug-likeness (QED) is 0.610. The highest BCUT2D eigenvalue weighted by Gasteiger charge is 2.20. The molecule has 0 aromatic heterocycles. The Morgan fingerprint density at radius 2 is 1.75 bits per heavy atom. The van der Waals surface area contributed by atoms with Gasteiger partial charge >= 0.3 is 6.09 Å². The largest absolute Gasteiger partial charge is 0.419 e. The van der Waals surface area contributed by atoms with Crippen molar-refractivity contribution in [3.8, 4) is 0 Å². The highest BCUT2D eigenvalue weighted by atomic mass is 16.5. The topological polar surface area (TPSA) is 29.5 Å². The van der Waals surface area contributed by atoms with Gasteiger partial charge in [0.2, 0.25) is 0 Å². The zero-order valence-electron chi connectivity index (χ0n) is 8.20. The predicted molar refractivity (Wildman–Crippen MR) is 48.8 cm³/mol. The smallest absolute Gasteiger partial charge is 0.415 e. The maximum absolute atomic E-state index is 11.3. The van der Waals surface area contributed by atoms with Crippen molar-refractivity contribution in [1.29, 1.82) is 0 Å². The number of ether oxygens (including phenoxy) is 1. The summed E-state index contributed by atoms with van der Waals surface area (Å²) in [4.78, 5) is 12.9. The van der Waals surface area contributed by atoms with Crippen molar-refractivity contribution in [3.63, 3.8) is 0 Å². The molecule has 0 unspecified atom stereocenters. The number of rotatable bonds is 3. The third-order valence-corrected chi connectivity index (χ3v) is 1.51. The van der Waals surface area contributed by atoms with Crippen molar-refractivity contribution in [3.05, 3.63) is 12.8 Å². The third-order valence-electron chi connectivity index (χ3n) is 1.51. The summed E-state index contributed by atoms with van der Waals surface area (Å²) < 4.78 is 4.68. The molecule has 0 aliphatic heterocycles. The minimum absolute atomic E-state index is 0.150. The molecule has 0 heterocycles. The van der Waals surface area contributed by atoms with Crippen LogP contribution in [0.15, 0.2) is 12.8 Å². The van der Waals surface area contributed by atoms with Crippen LogP contribution in [0.4, 0.5) is 4.79 Å². The van der Waals surface area contributed by atoms with Crippen LogP contribution >= 0.6 is 0 Å². The molecular formula is C9H17NO2. The molecule has 3 nitrogen and oxygen atoms in total. The number of carbonyl (C=O) groups excluding carboxylic acids is 1. The van der Waals surface area contributed by atoms with E-state index in [1.165, 1.54) is 0 Å². The van der Waals surface area contributed by atoms with Gasteiger partial charge in [0.15, 0.2) is 0 Å². The molecule has 0 bridgehead atoms. The average molecular weight is 171 g/mol. The Morgan fingerprint density at radius 1 is 1.33 bits per heavy atom. The fraction of sp³-hybridized carbons (Fsp3) is 0.667. The highest BCUT2D eigenvalue weighted by Crippen LogP contribution is 2.06. The molecule has 0 aliphatic rings. The summed E-state index contributed by atoms with van der Waals surface area (Å²) >= 11 is 0. The first kappa shape index (κ1) is 11.0. The zero-order chi connectivity index (χ0) is 9.72. The molecule has 0 spiro atoms. The summed E-state index contributed by atoms with van der Waals surface area (Å²) in [6, 6.07) is 0.301. The van der Waals surface area contributed by atoms with Crippen LogP contribution in [0, 0.1) is 0 Å². The summed E-state index contributed by atoms with van der Waals surface area (Å²) in [5.74, 6) is 0. The number of carbonyl (C=O) groups is 1. The van der Waals surface area contributed by atoms with E-state index in [0.29, 0.717) is 0 Å². The van der Waals surface area contributed by atoms with E-state index >= 15 is 0 Å². The van der Waals surface area contributed by atoms with E-state index in [1.807, 2.05) is 27.7 Å². The minimum atomic E-state index is -0.338. The lowest BCUT2D eigenvalue weighted by Gasteiger charge is -2.28. The molecular weight excluding hydrogens is 154 g/mol. The standard InChI is InChI=1S/C9H17NO2/c1-6-12-9(11)10(7(2)3)8(4)5/h6-8H,1H2,2-5H3. The Labute approximate surface area is 74.0 Å². The predicted octanol–water partition coefficient (Wildman–Crippen LogP) is 2.39. The van der Waals surface area contributed by atoms with Crippen molar-refractivity contribution < 1.29 is 9.53 Å². The van der Waals surface area contributed by atoms with Gasteiger partial charge in [0.05, 0.1) is 6.26 Å². The van der Waals surface area contributed by atoms with Crippen LogP contribution < -0.4 is 0 Å². The van der Waals surface area contributed by atoms with E-state index in [0.717, 1.165) is 6.26 Å². The fourth-order valence-corrected chi connectivity index (χ4v) is 1.15. The maximum Gasteiger partial charge on any atom is 0.415 e. The van der Waals surface area contributed by atoms with Gasteiger partial charge in [0.1, 0.15) is 0 Å². The molecule has 0 saturated heterocycles. The average Bonchev–Trinajstić information content (AvgIpc) is 1.85. The Morgan fingerprint density at radius 3 is 2.00 bits per heavy atom. The number of hydrogen-bond acceptors (Lipinski definition) is 2. The molecule has 70 valence electrons. The molecule has 0 N–H and O–H groups in total. The zero-order valence-corrected chi connectivity index (χ0v) is 8.20. The molecule has 12 heavy (non-hydrogen) atoms. The number of hydrogen-bond donors (Lipinski definition) is 0. The highest BCUT2D eigenvalue weighted by molar-refractivity contribution is 5.68. The second-order valence-electron chi connectivity index (χ2n) is 3.15. The van der Waals surface area contributed by atoms with Gasteiger partial charge in [-0.05, 0) is 27.7 Å². The van der Waals surface area contributed by atoms with E-state index in [9.17, 15) is 4.79 Å². The SMILES string of the molecule is C=COC(=O)N(C(C)C)C(C)C. The second kappa shape index (κ2) is 4.80. The first-order chi connectivity index (χ1) is 5.50.